The van der Waals surface area contributed by atoms with Crippen molar-refractivity contribution in [3.05, 3.63) is 35.9 Å². The largest absolute Gasteiger partial charge is 0.388 e. The highest BCUT2D eigenvalue weighted by atomic mass is 16.3. The molecule has 1 aliphatic carbocycles. The number of aliphatic hydroxyl groups is 1. The van der Waals surface area contributed by atoms with E-state index in [0.29, 0.717) is 0 Å². The van der Waals surface area contributed by atoms with Crippen LogP contribution in [0.25, 0.3) is 6.08 Å². The molecule has 1 aromatic carbocycles. The highest BCUT2D eigenvalue weighted by Gasteiger charge is 2.41. The minimum absolute atomic E-state index is 0.258. The van der Waals surface area contributed by atoms with E-state index in [-0.39, 0.29) is 6.04 Å². The van der Waals surface area contributed by atoms with Crippen molar-refractivity contribution in [2.75, 3.05) is 11.4 Å². The Hall–Kier alpha value is -1.28. The Morgan fingerprint density at radius 2 is 2.18 bits per heavy atom. The van der Waals surface area contributed by atoms with Crippen LogP contribution in [0.1, 0.15) is 31.7 Å². The fraction of sp³-hybridized carbons (Fsp3) is 0.467. The number of hydrogen-bond donors (Lipinski definition) is 1. The molecule has 1 N–H and O–H groups in total. The molecule has 0 aromatic heterocycles. The third-order valence-electron chi connectivity index (χ3n) is 4.10. The smallest absolute Gasteiger partial charge is 0.0822 e. The van der Waals surface area contributed by atoms with E-state index < -0.39 is 5.60 Å². The van der Waals surface area contributed by atoms with Gasteiger partial charge in [-0.05, 0) is 37.8 Å². The summed E-state index contributed by atoms with van der Waals surface area (Å²) in [5.41, 5.74) is 1.99. The lowest BCUT2D eigenvalue weighted by Gasteiger charge is -2.39. The van der Waals surface area contributed by atoms with Gasteiger partial charge in [0.1, 0.15) is 0 Å². The zero-order chi connectivity index (χ0) is 11.9. The van der Waals surface area contributed by atoms with Gasteiger partial charge in [0.2, 0.25) is 0 Å². The van der Waals surface area contributed by atoms with Crippen LogP contribution in [0.2, 0.25) is 0 Å². The summed E-state index contributed by atoms with van der Waals surface area (Å²) >= 11 is 0. The van der Waals surface area contributed by atoms with Crippen molar-refractivity contribution in [2.45, 2.75) is 37.8 Å². The predicted octanol–water partition coefficient (Wildman–Crippen LogP) is 2.82. The molecule has 3 rings (SSSR count). The molecule has 2 unspecified atom stereocenters. The first-order valence-electron chi connectivity index (χ1n) is 6.43. The molecule has 2 atom stereocenters. The predicted molar refractivity (Wildman–Crippen MR) is 71.1 cm³/mol. The van der Waals surface area contributed by atoms with Gasteiger partial charge in [-0.2, -0.15) is 0 Å². The molecule has 1 saturated carbocycles. The molecule has 17 heavy (non-hydrogen) atoms. The maximum atomic E-state index is 10.5. The zero-order valence-corrected chi connectivity index (χ0v) is 10.3. The summed E-state index contributed by atoms with van der Waals surface area (Å²) in [7, 11) is 0. The number of anilines is 1. The molecule has 1 aromatic rings. The lowest BCUT2D eigenvalue weighted by molar-refractivity contribution is 0.0494. The van der Waals surface area contributed by atoms with Crippen molar-refractivity contribution < 1.29 is 5.11 Å². The van der Waals surface area contributed by atoms with Gasteiger partial charge in [0.15, 0.2) is 0 Å². The van der Waals surface area contributed by atoms with Crippen LogP contribution in [0, 0.1) is 0 Å². The van der Waals surface area contributed by atoms with Crippen LogP contribution in [0.15, 0.2) is 30.3 Å². The molecule has 2 aliphatic rings. The van der Waals surface area contributed by atoms with Crippen molar-refractivity contribution in [1.82, 2.24) is 0 Å². The van der Waals surface area contributed by atoms with E-state index in [1.54, 1.807) is 0 Å². The van der Waals surface area contributed by atoms with Gasteiger partial charge in [0, 0.05) is 12.2 Å². The molecule has 2 heteroatoms. The first-order chi connectivity index (χ1) is 8.18. The average molecular weight is 229 g/mol. The number of fused-ring (bicyclic) bond motifs is 1. The van der Waals surface area contributed by atoms with Crippen LogP contribution in [0.4, 0.5) is 5.69 Å². The zero-order valence-electron chi connectivity index (χ0n) is 10.3. The highest BCUT2D eigenvalue weighted by molar-refractivity contribution is 5.71. The maximum absolute atomic E-state index is 10.5. The quantitative estimate of drug-likeness (QED) is 0.800. The van der Waals surface area contributed by atoms with Crippen molar-refractivity contribution >= 4 is 11.8 Å². The Kier molecular flexibility index (Phi) is 2.48. The first kappa shape index (κ1) is 10.8. The highest BCUT2D eigenvalue weighted by Crippen LogP contribution is 2.38. The standard InChI is InChI=1S/C15H19NO/c1-15(17)10-4-9-14(15)16-11-5-7-12-6-2-3-8-13(12)16/h2-3,5-8,14,17H,4,9-11H2,1H3. The summed E-state index contributed by atoms with van der Waals surface area (Å²) in [6.07, 6.45) is 7.50. The van der Waals surface area contributed by atoms with Crippen LogP contribution < -0.4 is 4.90 Å². The van der Waals surface area contributed by atoms with E-state index in [1.807, 2.05) is 6.92 Å². The Balaban J connectivity index is 1.98. The van der Waals surface area contributed by atoms with Gasteiger partial charge in [-0.15, -0.1) is 0 Å². The molecule has 0 saturated heterocycles. The summed E-state index contributed by atoms with van der Waals surface area (Å²) in [6, 6.07) is 8.71. The molecule has 0 bridgehead atoms. The fourth-order valence-electron chi connectivity index (χ4n) is 3.20. The van der Waals surface area contributed by atoms with Crippen LogP contribution in [0.5, 0.6) is 0 Å². The van der Waals surface area contributed by atoms with Crippen LogP contribution in [-0.2, 0) is 0 Å². The van der Waals surface area contributed by atoms with Crippen LogP contribution in [-0.4, -0.2) is 23.3 Å². The van der Waals surface area contributed by atoms with Crippen molar-refractivity contribution in [2.24, 2.45) is 0 Å². The van der Waals surface area contributed by atoms with Gasteiger partial charge >= 0.3 is 0 Å². The minimum atomic E-state index is -0.543. The minimum Gasteiger partial charge on any atom is -0.388 e. The fourth-order valence-corrected chi connectivity index (χ4v) is 3.20. The average Bonchev–Trinajstić information content (AvgIpc) is 2.68. The second-order valence-corrected chi connectivity index (χ2v) is 5.38. The summed E-state index contributed by atoms with van der Waals surface area (Å²) in [6.45, 7) is 2.89. The van der Waals surface area contributed by atoms with Crippen LogP contribution in [0.3, 0.4) is 0 Å². The van der Waals surface area contributed by atoms with E-state index in [2.05, 4.69) is 41.3 Å². The van der Waals surface area contributed by atoms with Crippen molar-refractivity contribution in [3.63, 3.8) is 0 Å². The van der Waals surface area contributed by atoms with E-state index in [9.17, 15) is 5.11 Å². The molecule has 90 valence electrons. The van der Waals surface area contributed by atoms with E-state index >= 15 is 0 Å². The summed E-state index contributed by atoms with van der Waals surface area (Å²) in [5.74, 6) is 0. The Morgan fingerprint density at radius 1 is 1.35 bits per heavy atom. The van der Waals surface area contributed by atoms with E-state index in [4.69, 9.17) is 0 Å². The number of benzene rings is 1. The third-order valence-corrected chi connectivity index (χ3v) is 4.10. The van der Waals surface area contributed by atoms with E-state index in [0.717, 1.165) is 25.8 Å². The lowest BCUT2D eigenvalue weighted by Crippen LogP contribution is -2.48. The Morgan fingerprint density at radius 3 is 2.94 bits per heavy atom. The molecule has 2 nitrogen and oxygen atoms in total. The van der Waals surface area contributed by atoms with Gasteiger partial charge in [0.25, 0.3) is 0 Å². The Labute approximate surface area is 103 Å². The van der Waals surface area contributed by atoms with Gasteiger partial charge in [-0.1, -0.05) is 30.4 Å². The second-order valence-electron chi connectivity index (χ2n) is 5.38. The van der Waals surface area contributed by atoms with Gasteiger partial charge < -0.3 is 10.0 Å². The van der Waals surface area contributed by atoms with Gasteiger partial charge in [0.05, 0.1) is 11.6 Å². The summed E-state index contributed by atoms with van der Waals surface area (Å²) in [4.78, 5) is 2.36. The molecule has 0 amide bonds. The molecule has 1 aliphatic heterocycles. The maximum Gasteiger partial charge on any atom is 0.0822 e. The number of nitrogens with zero attached hydrogens (tertiary/aromatic N) is 1. The van der Waals surface area contributed by atoms with Crippen molar-refractivity contribution in [1.29, 1.82) is 0 Å². The number of rotatable bonds is 1. The van der Waals surface area contributed by atoms with E-state index in [1.165, 1.54) is 11.3 Å². The van der Waals surface area contributed by atoms with Crippen LogP contribution >= 0.6 is 0 Å². The van der Waals surface area contributed by atoms with Gasteiger partial charge in [-0.25, -0.2) is 0 Å². The third kappa shape index (κ3) is 1.77. The normalized spacial score (nSPS) is 31.6. The SMILES string of the molecule is CC1(O)CCCC1N1CC=Cc2ccccc21. The summed E-state index contributed by atoms with van der Waals surface area (Å²) in [5, 5.41) is 10.5. The number of para-hydroxylation sites is 1. The number of hydrogen-bond acceptors (Lipinski definition) is 2. The lowest BCUT2D eigenvalue weighted by atomic mass is 9.96. The van der Waals surface area contributed by atoms with Crippen molar-refractivity contribution in [3.8, 4) is 0 Å². The second kappa shape index (κ2) is 3.88. The molecule has 0 radical (unpaired) electrons. The molecule has 1 fully saturated rings. The first-order valence-corrected chi connectivity index (χ1v) is 6.43. The molecule has 0 spiro atoms. The molecule has 1 heterocycles. The topological polar surface area (TPSA) is 23.5 Å². The van der Waals surface area contributed by atoms with Gasteiger partial charge in [-0.3, -0.25) is 0 Å². The summed E-state index contributed by atoms with van der Waals surface area (Å²) < 4.78 is 0. The Bertz CT molecular complexity index is 450. The monoisotopic (exact) mass is 229 g/mol. The molecular weight excluding hydrogens is 210 g/mol. The molecular formula is C15H19NO.